The lowest BCUT2D eigenvalue weighted by atomic mass is 9.88. The predicted octanol–water partition coefficient (Wildman–Crippen LogP) is 5.70. The molecule has 2 aromatic carbocycles. The Labute approximate surface area is 214 Å². The highest BCUT2D eigenvalue weighted by Gasteiger charge is 2.31. The minimum atomic E-state index is -0.671. The molecule has 1 aromatic heterocycles. The Morgan fingerprint density at radius 3 is 2.49 bits per heavy atom. The molecule has 37 heavy (non-hydrogen) atoms. The van der Waals surface area contributed by atoms with Crippen LogP contribution in [0.5, 0.6) is 5.75 Å². The molecule has 2 aliphatic rings. The topological polar surface area (TPSA) is 45.7 Å². The molecule has 0 N–H and O–H groups in total. The van der Waals surface area contributed by atoms with Gasteiger partial charge in [-0.15, -0.1) is 0 Å². The van der Waals surface area contributed by atoms with Gasteiger partial charge in [-0.2, -0.15) is 0 Å². The van der Waals surface area contributed by atoms with E-state index in [9.17, 15) is 13.6 Å². The third-order valence-electron chi connectivity index (χ3n) is 7.24. The molecule has 8 heteroatoms. The molecule has 3 aromatic rings. The number of carbonyl (C=O) groups excluding carboxylic acids is 1. The fourth-order valence-corrected chi connectivity index (χ4v) is 5.30. The van der Waals surface area contributed by atoms with Crippen molar-refractivity contribution in [2.45, 2.75) is 45.1 Å². The molecule has 1 saturated heterocycles. The number of anilines is 1. The molecule has 0 unspecified atom stereocenters. The Morgan fingerprint density at radius 1 is 1.03 bits per heavy atom. The van der Waals surface area contributed by atoms with Crippen molar-refractivity contribution >= 4 is 11.6 Å². The van der Waals surface area contributed by atoms with Gasteiger partial charge in [-0.3, -0.25) is 9.78 Å². The van der Waals surface area contributed by atoms with Crippen molar-refractivity contribution in [1.29, 1.82) is 0 Å². The van der Waals surface area contributed by atoms with Gasteiger partial charge in [0.1, 0.15) is 11.6 Å². The number of hydrogen-bond donors (Lipinski definition) is 0. The van der Waals surface area contributed by atoms with Gasteiger partial charge in [-0.25, -0.2) is 13.2 Å². The van der Waals surface area contributed by atoms with Crippen LogP contribution >= 0.6 is 0 Å². The van der Waals surface area contributed by atoms with E-state index in [2.05, 4.69) is 16.9 Å². The Kier molecular flexibility index (Phi) is 6.94. The van der Waals surface area contributed by atoms with Crippen LogP contribution in [0.2, 0.25) is 0 Å². The number of likely N-dealkylation sites (tertiary alicyclic amines) is 1. The lowest BCUT2D eigenvalue weighted by molar-refractivity contribution is -0.121. The number of piperidine rings is 1. The molecule has 194 valence electrons. The average molecular weight is 510 g/mol. The lowest BCUT2D eigenvalue weighted by Gasteiger charge is -2.33. The lowest BCUT2D eigenvalue weighted by Crippen LogP contribution is -2.43. The fourth-order valence-electron chi connectivity index (χ4n) is 5.30. The molecule has 1 amide bonds. The van der Waals surface area contributed by atoms with Gasteiger partial charge >= 0.3 is 0 Å². The Balaban J connectivity index is 1.43. The summed E-state index contributed by atoms with van der Waals surface area (Å²) in [5.74, 6) is -1.63. The van der Waals surface area contributed by atoms with Crippen LogP contribution in [-0.2, 0) is 11.2 Å². The molecule has 3 heterocycles. The van der Waals surface area contributed by atoms with E-state index in [1.54, 1.807) is 12.1 Å². The molecular formula is C29H30F3N3O2. The maximum atomic E-state index is 15.0. The summed E-state index contributed by atoms with van der Waals surface area (Å²) in [5, 5.41) is 0. The number of rotatable bonds is 5. The first kappa shape index (κ1) is 25.3. The molecule has 2 aliphatic heterocycles. The third-order valence-corrected chi connectivity index (χ3v) is 7.24. The average Bonchev–Trinajstić information content (AvgIpc) is 2.85. The summed E-state index contributed by atoms with van der Waals surface area (Å²) in [7, 11) is 2.08. The monoisotopic (exact) mass is 509 g/mol. The maximum absolute atomic E-state index is 15.0. The molecule has 5 rings (SSSR count). The molecule has 1 fully saturated rings. The SMILES string of the molecule is CC(C)N1C(=O)COc2c(F)cc(-c3cc(Cc4ccc(C5CCN(C)CC5)c(F)c4)ncc3F)cc21. The number of fused-ring (bicyclic) bond motifs is 1. The van der Waals surface area contributed by atoms with Gasteiger partial charge in [0.2, 0.25) is 0 Å². The number of ether oxygens (including phenoxy) is 1. The van der Waals surface area contributed by atoms with Crippen LogP contribution in [0, 0.1) is 17.5 Å². The molecule has 0 bridgehead atoms. The van der Waals surface area contributed by atoms with Gasteiger partial charge in [0, 0.05) is 23.7 Å². The normalized spacial score (nSPS) is 16.7. The van der Waals surface area contributed by atoms with Gasteiger partial charge < -0.3 is 14.5 Å². The van der Waals surface area contributed by atoms with Crippen molar-refractivity contribution < 1.29 is 22.7 Å². The molecule has 0 aliphatic carbocycles. The van der Waals surface area contributed by atoms with E-state index in [-0.39, 0.29) is 52.9 Å². The zero-order valence-corrected chi connectivity index (χ0v) is 21.2. The van der Waals surface area contributed by atoms with Crippen LogP contribution in [0.4, 0.5) is 18.9 Å². The number of nitrogens with zero attached hydrogens (tertiary/aromatic N) is 3. The first-order valence-electron chi connectivity index (χ1n) is 12.6. The highest BCUT2D eigenvalue weighted by molar-refractivity contribution is 5.99. The van der Waals surface area contributed by atoms with E-state index >= 15 is 4.39 Å². The molecule has 0 radical (unpaired) electrons. The van der Waals surface area contributed by atoms with Crippen LogP contribution in [0.15, 0.2) is 42.6 Å². The second-order valence-corrected chi connectivity index (χ2v) is 10.2. The number of amides is 1. The van der Waals surface area contributed by atoms with Crippen LogP contribution in [0.3, 0.4) is 0 Å². The van der Waals surface area contributed by atoms with E-state index in [0.29, 0.717) is 12.1 Å². The summed E-state index contributed by atoms with van der Waals surface area (Å²) in [4.78, 5) is 20.3. The summed E-state index contributed by atoms with van der Waals surface area (Å²) < 4.78 is 50.2. The van der Waals surface area contributed by atoms with Crippen molar-refractivity contribution in [3.05, 3.63) is 76.9 Å². The molecule has 0 spiro atoms. The Bertz CT molecular complexity index is 1340. The van der Waals surface area contributed by atoms with E-state index in [0.717, 1.165) is 43.3 Å². The van der Waals surface area contributed by atoms with Gasteiger partial charge in [0.15, 0.2) is 18.2 Å². The fraction of sp³-hybridized carbons (Fsp3) is 0.379. The van der Waals surface area contributed by atoms with Gasteiger partial charge in [-0.1, -0.05) is 12.1 Å². The van der Waals surface area contributed by atoms with Crippen molar-refractivity contribution in [2.75, 3.05) is 31.6 Å². The smallest absolute Gasteiger partial charge is 0.265 e. The quantitative estimate of drug-likeness (QED) is 0.443. The molecule has 0 atom stereocenters. The first-order chi connectivity index (χ1) is 17.7. The second kappa shape index (κ2) is 10.2. The third kappa shape index (κ3) is 5.07. The van der Waals surface area contributed by atoms with Crippen LogP contribution < -0.4 is 9.64 Å². The largest absolute Gasteiger partial charge is 0.478 e. The van der Waals surface area contributed by atoms with Crippen LogP contribution in [-0.4, -0.2) is 48.6 Å². The second-order valence-electron chi connectivity index (χ2n) is 10.2. The standard InChI is InChI=1S/C29H30F3N3O2/c1-17(2)35-27-13-20(12-25(31)29(27)37-16-28(35)36)23-14-21(33-15-26(23)32)10-18-4-5-22(24(30)11-18)19-6-8-34(3)9-7-19/h4-5,11-15,17,19H,6-10,16H2,1-3H3. The minimum absolute atomic E-state index is 0.0214. The number of benzene rings is 2. The maximum Gasteiger partial charge on any atom is 0.265 e. The van der Waals surface area contributed by atoms with E-state index < -0.39 is 11.6 Å². The predicted molar refractivity (Wildman–Crippen MR) is 136 cm³/mol. The highest BCUT2D eigenvalue weighted by atomic mass is 19.1. The summed E-state index contributed by atoms with van der Waals surface area (Å²) >= 11 is 0. The highest BCUT2D eigenvalue weighted by Crippen LogP contribution is 2.40. The van der Waals surface area contributed by atoms with Gasteiger partial charge in [-0.05, 0) is 93.7 Å². The first-order valence-corrected chi connectivity index (χ1v) is 12.6. The summed E-state index contributed by atoms with van der Waals surface area (Å²) in [6, 6.07) is 9.35. The van der Waals surface area contributed by atoms with Gasteiger partial charge in [0.05, 0.1) is 11.9 Å². The van der Waals surface area contributed by atoms with E-state index in [1.165, 1.54) is 17.0 Å². The zero-order chi connectivity index (χ0) is 26.3. The number of pyridine rings is 1. The van der Waals surface area contributed by atoms with Crippen molar-refractivity contribution in [3.8, 4) is 16.9 Å². The van der Waals surface area contributed by atoms with Gasteiger partial charge in [0.25, 0.3) is 5.91 Å². The van der Waals surface area contributed by atoms with E-state index in [1.807, 2.05) is 26.0 Å². The van der Waals surface area contributed by atoms with Crippen molar-refractivity contribution in [1.82, 2.24) is 9.88 Å². The summed E-state index contributed by atoms with van der Waals surface area (Å²) in [6.07, 6.45) is 3.24. The molecular weight excluding hydrogens is 479 g/mol. The van der Waals surface area contributed by atoms with E-state index in [4.69, 9.17) is 4.74 Å². The number of halogens is 3. The summed E-state index contributed by atoms with van der Waals surface area (Å²) in [5.41, 5.74) is 2.67. The zero-order valence-electron chi connectivity index (χ0n) is 21.2. The molecule has 5 nitrogen and oxygen atoms in total. The number of carbonyl (C=O) groups is 1. The van der Waals surface area contributed by atoms with Crippen molar-refractivity contribution in [2.24, 2.45) is 0 Å². The summed E-state index contributed by atoms with van der Waals surface area (Å²) in [6.45, 7) is 5.29. The Morgan fingerprint density at radius 2 is 1.78 bits per heavy atom. The Hall–Kier alpha value is -3.39. The number of aromatic nitrogens is 1. The van der Waals surface area contributed by atoms with Crippen LogP contribution in [0.1, 0.15) is 49.4 Å². The molecule has 0 saturated carbocycles. The van der Waals surface area contributed by atoms with Crippen LogP contribution in [0.25, 0.3) is 11.1 Å². The van der Waals surface area contributed by atoms with Crippen molar-refractivity contribution in [3.63, 3.8) is 0 Å². The number of hydrogen-bond acceptors (Lipinski definition) is 4. The minimum Gasteiger partial charge on any atom is -0.478 e.